The monoisotopic (exact) mass is 466 g/mol. The van der Waals surface area contributed by atoms with Crippen molar-refractivity contribution in [3.05, 3.63) is 48.0 Å². The fourth-order valence-electron chi connectivity index (χ4n) is 4.07. The van der Waals surface area contributed by atoms with Gasteiger partial charge < -0.3 is 19.9 Å². The molecule has 0 atom stereocenters. The number of hydrogen-bond acceptors (Lipinski definition) is 6. The fraction of sp³-hybridized carbons (Fsp3) is 0.462. The molecular formula is C26H34N4O2S. The van der Waals surface area contributed by atoms with Crippen LogP contribution in [0.2, 0.25) is 0 Å². The van der Waals surface area contributed by atoms with E-state index in [1.165, 1.54) is 32.1 Å². The number of fused-ring (bicyclic) bond motifs is 1. The van der Waals surface area contributed by atoms with E-state index >= 15 is 0 Å². The van der Waals surface area contributed by atoms with Gasteiger partial charge >= 0.3 is 0 Å². The topological polar surface area (TPSA) is 57.7 Å². The van der Waals surface area contributed by atoms with E-state index in [9.17, 15) is 4.79 Å². The lowest BCUT2D eigenvalue weighted by atomic mass is 9.90. The first-order valence-electron chi connectivity index (χ1n) is 11.8. The lowest BCUT2D eigenvalue weighted by molar-refractivity contribution is 0.102. The molecule has 0 unspecified atom stereocenters. The van der Waals surface area contributed by atoms with Crippen molar-refractivity contribution in [3.63, 3.8) is 0 Å². The normalized spacial score (nSPS) is 14.5. The molecule has 2 aromatic carbocycles. The molecule has 0 saturated heterocycles. The predicted octanol–water partition coefficient (Wildman–Crippen LogP) is 5.51. The van der Waals surface area contributed by atoms with Crippen LogP contribution in [0, 0.1) is 5.92 Å². The van der Waals surface area contributed by atoms with Crippen LogP contribution < -0.4 is 15.0 Å². The van der Waals surface area contributed by atoms with Crippen LogP contribution in [-0.2, 0) is 0 Å². The van der Waals surface area contributed by atoms with Crippen molar-refractivity contribution in [1.29, 1.82) is 0 Å². The molecule has 0 bridgehead atoms. The number of nitrogens with zero attached hydrogens (tertiary/aromatic N) is 3. The highest BCUT2D eigenvalue weighted by Gasteiger charge is 2.15. The van der Waals surface area contributed by atoms with E-state index in [-0.39, 0.29) is 5.91 Å². The number of carbonyl (C=O) groups is 1. The standard InChI is InChI=1S/C26H34N4O2S/c1-29(2)15-16-30(3)26-28-23-14-11-21(17-24(23)33-26)27-25(31)20-9-12-22(13-10-20)32-18-19-7-5-4-6-8-19/h9-14,17,19H,4-8,15-16,18H2,1-3H3,(H,27,31). The zero-order valence-corrected chi connectivity index (χ0v) is 20.7. The quantitative estimate of drug-likeness (QED) is 0.451. The van der Waals surface area contributed by atoms with Crippen LogP contribution in [-0.4, -0.2) is 56.6 Å². The lowest BCUT2D eigenvalue weighted by Crippen LogP contribution is -2.28. The Morgan fingerprint density at radius 1 is 1.06 bits per heavy atom. The highest BCUT2D eigenvalue weighted by molar-refractivity contribution is 7.22. The van der Waals surface area contributed by atoms with Gasteiger partial charge in [0.2, 0.25) is 0 Å². The zero-order valence-electron chi connectivity index (χ0n) is 19.8. The van der Waals surface area contributed by atoms with Gasteiger partial charge in [-0.2, -0.15) is 0 Å². The maximum atomic E-state index is 12.8. The molecule has 33 heavy (non-hydrogen) atoms. The maximum absolute atomic E-state index is 12.8. The van der Waals surface area contributed by atoms with Crippen molar-refractivity contribution < 1.29 is 9.53 Å². The second-order valence-electron chi connectivity index (χ2n) is 9.20. The van der Waals surface area contributed by atoms with Crippen molar-refractivity contribution in [2.45, 2.75) is 32.1 Å². The maximum Gasteiger partial charge on any atom is 0.255 e. The van der Waals surface area contributed by atoms with E-state index in [0.717, 1.165) is 46.5 Å². The first kappa shape index (κ1) is 23.5. The Balaban J connectivity index is 1.34. The second kappa shape index (κ2) is 11.0. The summed E-state index contributed by atoms with van der Waals surface area (Å²) in [4.78, 5) is 21.8. The molecule has 0 spiro atoms. The van der Waals surface area contributed by atoms with E-state index in [1.54, 1.807) is 11.3 Å². The summed E-state index contributed by atoms with van der Waals surface area (Å²) < 4.78 is 7.02. The summed E-state index contributed by atoms with van der Waals surface area (Å²) in [5.41, 5.74) is 2.34. The molecule has 7 heteroatoms. The SMILES string of the molecule is CN(C)CCN(C)c1nc2ccc(NC(=O)c3ccc(OCC4CCCCC4)cc3)cc2s1. The number of thiazole rings is 1. The molecule has 0 radical (unpaired) electrons. The Kier molecular flexibility index (Phi) is 7.83. The summed E-state index contributed by atoms with van der Waals surface area (Å²) in [6, 6.07) is 13.3. The van der Waals surface area contributed by atoms with Gasteiger partial charge in [0.1, 0.15) is 5.75 Å². The Bertz CT molecular complexity index is 1060. The van der Waals surface area contributed by atoms with E-state index < -0.39 is 0 Å². The van der Waals surface area contributed by atoms with E-state index in [2.05, 4.69) is 36.3 Å². The van der Waals surface area contributed by atoms with Crippen LogP contribution in [0.4, 0.5) is 10.8 Å². The van der Waals surface area contributed by atoms with Gasteiger partial charge in [0.15, 0.2) is 5.13 Å². The number of carbonyl (C=O) groups excluding carboxylic acids is 1. The molecule has 1 aromatic heterocycles. The summed E-state index contributed by atoms with van der Waals surface area (Å²) in [5.74, 6) is 1.37. The Morgan fingerprint density at radius 2 is 1.82 bits per heavy atom. The number of nitrogens with one attached hydrogen (secondary N) is 1. The van der Waals surface area contributed by atoms with Gasteiger partial charge in [-0.25, -0.2) is 4.98 Å². The van der Waals surface area contributed by atoms with Crippen LogP contribution in [0.1, 0.15) is 42.5 Å². The van der Waals surface area contributed by atoms with Crippen molar-refractivity contribution in [2.24, 2.45) is 5.92 Å². The number of benzene rings is 2. The minimum Gasteiger partial charge on any atom is -0.493 e. The Labute approximate surface area is 200 Å². The first-order chi connectivity index (χ1) is 16.0. The van der Waals surface area contributed by atoms with E-state index in [1.807, 2.05) is 42.5 Å². The fourth-order valence-corrected chi connectivity index (χ4v) is 5.06. The number of aromatic nitrogens is 1. The summed E-state index contributed by atoms with van der Waals surface area (Å²) in [5, 5.41) is 4.00. The zero-order chi connectivity index (χ0) is 23.2. The number of ether oxygens (including phenoxy) is 1. The molecular weight excluding hydrogens is 432 g/mol. The highest BCUT2D eigenvalue weighted by atomic mass is 32.1. The van der Waals surface area contributed by atoms with Gasteiger partial charge in [-0.3, -0.25) is 4.79 Å². The van der Waals surface area contributed by atoms with Crippen molar-refractivity contribution in [2.75, 3.05) is 51.1 Å². The van der Waals surface area contributed by atoms with Gasteiger partial charge in [0.05, 0.1) is 16.8 Å². The van der Waals surface area contributed by atoms with Crippen LogP contribution in [0.5, 0.6) is 5.75 Å². The Hall–Kier alpha value is -2.64. The van der Waals surface area contributed by atoms with Crippen LogP contribution in [0.3, 0.4) is 0 Å². The van der Waals surface area contributed by atoms with Crippen molar-refractivity contribution in [3.8, 4) is 5.75 Å². The molecule has 1 saturated carbocycles. The van der Waals surface area contributed by atoms with Gasteiger partial charge in [-0.05, 0) is 75.3 Å². The van der Waals surface area contributed by atoms with Gasteiger partial charge in [0.25, 0.3) is 5.91 Å². The van der Waals surface area contributed by atoms with Crippen LogP contribution >= 0.6 is 11.3 Å². The van der Waals surface area contributed by atoms with Gasteiger partial charge in [-0.15, -0.1) is 0 Å². The summed E-state index contributed by atoms with van der Waals surface area (Å²) in [7, 11) is 6.20. The Morgan fingerprint density at radius 3 is 2.55 bits per heavy atom. The summed E-state index contributed by atoms with van der Waals surface area (Å²) in [6.45, 7) is 2.65. The largest absolute Gasteiger partial charge is 0.493 e. The molecule has 6 nitrogen and oxygen atoms in total. The molecule has 0 aliphatic heterocycles. The third-order valence-electron chi connectivity index (χ3n) is 6.17. The van der Waals surface area contributed by atoms with Crippen molar-refractivity contribution in [1.82, 2.24) is 9.88 Å². The third kappa shape index (κ3) is 6.45. The van der Waals surface area contributed by atoms with E-state index in [4.69, 9.17) is 9.72 Å². The summed E-state index contributed by atoms with van der Waals surface area (Å²) in [6.07, 6.45) is 6.51. The van der Waals surface area contributed by atoms with Gasteiger partial charge in [0, 0.05) is 31.4 Å². The molecule has 1 aliphatic rings. The van der Waals surface area contributed by atoms with Gasteiger partial charge in [-0.1, -0.05) is 30.6 Å². The molecule has 1 aliphatic carbocycles. The van der Waals surface area contributed by atoms with E-state index in [0.29, 0.717) is 11.5 Å². The number of hydrogen-bond donors (Lipinski definition) is 1. The molecule has 4 rings (SSSR count). The molecule has 1 heterocycles. The van der Waals surface area contributed by atoms with Crippen molar-refractivity contribution >= 4 is 38.3 Å². The number of anilines is 2. The number of amides is 1. The number of likely N-dealkylation sites (N-methyl/N-ethyl adjacent to an activating group) is 2. The third-order valence-corrected chi connectivity index (χ3v) is 7.30. The average molecular weight is 467 g/mol. The second-order valence-corrected chi connectivity index (χ2v) is 10.2. The van der Waals surface area contributed by atoms with Crippen LogP contribution in [0.15, 0.2) is 42.5 Å². The lowest BCUT2D eigenvalue weighted by Gasteiger charge is -2.21. The highest BCUT2D eigenvalue weighted by Crippen LogP contribution is 2.30. The van der Waals surface area contributed by atoms with Crippen LogP contribution in [0.25, 0.3) is 10.2 Å². The molecule has 176 valence electrons. The molecule has 1 amide bonds. The molecule has 1 fully saturated rings. The first-order valence-corrected chi connectivity index (χ1v) is 12.6. The molecule has 1 N–H and O–H groups in total. The average Bonchev–Trinajstić information content (AvgIpc) is 3.26. The number of rotatable bonds is 9. The summed E-state index contributed by atoms with van der Waals surface area (Å²) >= 11 is 1.64. The minimum atomic E-state index is -0.124. The smallest absolute Gasteiger partial charge is 0.255 e. The molecule has 3 aromatic rings. The minimum absolute atomic E-state index is 0.124. The predicted molar refractivity (Wildman–Crippen MR) is 138 cm³/mol.